The number of nitrogens with zero attached hydrogens (tertiary/aromatic N) is 2. The van der Waals surface area contributed by atoms with Crippen LogP contribution in [0.3, 0.4) is 0 Å². The van der Waals surface area contributed by atoms with Crippen molar-refractivity contribution in [3.63, 3.8) is 0 Å². The van der Waals surface area contributed by atoms with E-state index in [4.69, 9.17) is 4.74 Å². The van der Waals surface area contributed by atoms with Gasteiger partial charge in [-0.1, -0.05) is 6.92 Å². The van der Waals surface area contributed by atoms with Crippen molar-refractivity contribution < 1.29 is 9.53 Å². The van der Waals surface area contributed by atoms with E-state index in [-0.39, 0.29) is 11.9 Å². The number of carbonyl (C=O) groups is 1. The van der Waals surface area contributed by atoms with Crippen LogP contribution in [-0.2, 0) is 4.74 Å². The minimum absolute atomic E-state index is 0.0104. The van der Waals surface area contributed by atoms with Crippen LogP contribution < -0.4 is 5.32 Å². The van der Waals surface area contributed by atoms with Crippen LogP contribution >= 0.6 is 0 Å². The monoisotopic (exact) mass is 279 g/mol. The van der Waals surface area contributed by atoms with Gasteiger partial charge in [0.15, 0.2) is 0 Å². The first-order valence-electron chi connectivity index (χ1n) is 7.10. The highest BCUT2D eigenvalue weighted by molar-refractivity contribution is 5.98. The Bertz CT molecular complexity index is 421. The van der Waals surface area contributed by atoms with Crippen molar-refractivity contribution in [2.75, 3.05) is 32.1 Å². The molecule has 1 amide bonds. The van der Waals surface area contributed by atoms with Gasteiger partial charge < -0.3 is 15.0 Å². The molecule has 0 bridgehead atoms. The quantitative estimate of drug-likeness (QED) is 0.794. The second-order valence-electron chi connectivity index (χ2n) is 4.91. The lowest BCUT2D eigenvalue weighted by Gasteiger charge is -2.27. The molecule has 0 aliphatic rings. The minimum Gasteiger partial charge on any atom is -0.383 e. The molecule has 5 nitrogen and oxygen atoms in total. The largest absolute Gasteiger partial charge is 0.383 e. The smallest absolute Gasteiger partial charge is 0.257 e. The van der Waals surface area contributed by atoms with Crippen molar-refractivity contribution in [2.45, 2.75) is 33.2 Å². The van der Waals surface area contributed by atoms with Crippen LogP contribution in [0.1, 0.15) is 37.6 Å². The predicted octanol–water partition coefficient (Wildman–Crippen LogP) is 2.40. The molecular weight excluding hydrogens is 254 g/mol. The Hall–Kier alpha value is -1.62. The standard InChI is InChI=1S/C15H25N3O2/c1-5-8-16-14-13(7-6-9-17-14)15(19)18(12(2)3)10-11-20-4/h6-7,9,12H,5,8,10-11H2,1-4H3,(H,16,17). The van der Waals surface area contributed by atoms with Gasteiger partial charge in [-0.3, -0.25) is 4.79 Å². The summed E-state index contributed by atoms with van der Waals surface area (Å²) in [4.78, 5) is 18.7. The molecule has 1 aromatic rings. The summed E-state index contributed by atoms with van der Waals surface area (Å²) in [6, 6.07) is 3.73. The van der Waals surface area contributed by atoms with Crippen LogP contribution in [0.5, 0.6) is 0 Å². The zero-order valence-electron chi connectivity index (χ0n) is 12.8. The summed E-state index contributed by atoms with van der Waals surface area (Å²) in [7, 11) is 1.64. The van der Waals surface area contributed by atoms with Gasteiger partial charge in [0.1, 0.15) is 5.82 Å². The summed E-state index contributed by atoms with van der Waals surface area (Å²) >= 11 is 0. The average molecular weight is 279 g/mol. The molecule has 0 radical (unpaired) electrons. The molecule has 0 spiro atoms. The summed E-state index contributed by atoms with van der Waals surface area (Å²) in [6.07, 6.45) is 2.69. The van der Waals surface area contributed by atoms with E-state index >= 15 is 0 Å². The fourth-order valence-electron chi connectivity index (χ4n) is 1.90. The van der Waals surface area contributed by atoms with Gasteiger partial charge in [0.2, 0.25) is 0 Å². The first kappa shape index (κ1) is 16.4. The van der Waals surface area contributed by atoms with E-state index in [1.54, 1.807) is 24.3 Å². The Balaban J connectivity index is 2.93. The molecule has 0 saturated carbocycles. The maximum atomic E-state index is 12.7. The summed E-state index contributed by atoms with van der Waals surface area (Å²) in [6.45, 7) is 8.00. The molecule has 1 heterocycles. The Morgan fingerprint density at radius 1 is 1.50 bits per heavy atom. The van der Waals surface area contributed by atoms with Crippen molar-refractivity contribution in [1.82, 2.24) is 9.88 Å². The fraction of sp³-hybridized carbons (Fsp3) is 0.600. The van der Waals surface area contributed by atoms with Crippen molar-refractivity contribution in [3.8, 4) is 0 Å². The van der Waals surface area contributed by atoms with Gasteiger partial charge in [0.05, 0.1) is 12.2 Å². The van der Waals surface area contributed by atoms with Crippen LogP contribution in [-0.4, -0.2) is 48.6 Å². The number of aromatic nitrogens is 1. The topological polar surface area (TPSA) is 54.5 Å². The van der Waals surface area contributed by atoms with Crippen molar-refractivity contribution >= 4 is 11.7 Å². The lowest BCUT2D eigenvalue weighted by Crippen LogP contribution is -2.39. The van der Waals surface area contributed by atoms with Gasteiger partial charge >= 0.3 is 0 Å². The molecule has 20 heavy (non-hydrogen) atoms. The van der Waals surface area contributed by atoms with Crippen LogP contribution in [0.25, 0.3) is 0 Å². The number of methoxy groups -OCH3 is 1. The van der Waals surface area contributed by atoms with Crippen LogP contribution in [0, 0.1) is 0 Å². The van der Waals surface area contributed by atoms with Crippen molar-refractivity contribution in [2.24, 2.45) is 0 Å². The maximum absolute atomic E-state index is 12.7. The molecule has 112 valence electrons. The summed E-state index contributed by atoms with van der Waals surface area (Å²) in [5.41, 5.74) is 0.616. The molecule has 1 N–H and O–H groups in total. The highest BCUT2D eigenvalue weighted by atomic mass is 16.5. The van der Waals surface area contributed by atoms with E-state index < -0.39 is 0 Å². The highest BCUT2D eigenvalue weighted by Gasteiger charge is 2.21. The molecule has 0 atom stereocenters. The molecule has 0 aliphatic heterocycles. The third-order valence-corrected chi connectivity index (χ3v) is 3.00. The number of anilines is 1. The number of pyridine rings is 1. The SMILES string of the molecule is CCCNc1ncccc1C(=O)N(CCOC)C(C)C. The first-order chi connectivity index (χ1) is 9.61. The van der Waals surface area contributed by atoms with Gasteiger partial charge in [-0.15, -0.1) is 0 Å². The summed E-state index contributed by atoms with van der Waals surface area (Å²) in [5.74, 6) is 0.645. The zero-order valence-corrected chi connectivity index (χ0v) is 12.8. The molecule has 0 unspecified atom stereocenters. The van der Waals surface area contributed by atoms with Gasteiger partial charge in [-0.2, -0.15) is 0 Å². The molecule has 0 saturated heterocycles. The van der Waals surface area contributed by atoms with E-state index in [1.165, 1.54) is 0 Å². The highest BCUT2D eigenvalue weighted by Crippen LogP contribution is 2.16. The number of amides is 1. The molecule has 1 rings (SSSR count). The van der Waals surface area contributed by atoms with E-state index in [9.17, 15) is 4.79 Å². The van der Waals surface area contributed by atoms with Crippen LogP contribution in [0.4, 0.5) is 5.82 Å². The Labute approximate surface area is 121 Å². The molecule has 1 aromatic heterocycles. The Morgan fingerprint density at radius 3 is 2.85 bits per heavy atom. The summed E-state index contributed by atoms with van der Waals surface area (Å²) in [5, 5.41) is 3.20. The predicted molar refractivity (Wildman–Crippen MR) is 81.1 cm³/mol. The third kappa shape index (κ3) is 4.49. The Morgan fingerprint density at radius 2 is 2.25 bits per heavy atom. The van der Waals surface area contributed by atoms with Gasteiger partial charge in [0.25, 0.3) is 5.91 Å². The lowest BCUT2D eigenvalue weighted by molar-refractivity contribution is 0.0635. The normalized spacial score (nSPS) is 10.7. The number of carbonyl (C=O) groups excluding carboxylic acids is 1. The molecule has 0 aromatic carbocycles. The molecule has 0 aliphatic carbocycles. The van der Waals surface area contributed by atoms with E-state index in [1.807, 2.05) is 19.9 Å². The second-order valence-corrected chi connectivity index (χ2v) is 4.91. The first-order valence-corrected chi connectivity index (χ1v) is 7.10. The number of ether oxygens (including phenoxy) is 1. The average Bonchev–Trinajstić information content (AvgIpc) is 2.45. The van der Waals surface area contributed by atoms with E-state index in [0.717, 1.165) is 13.0 Å². The van der Waals surface area contributed by atoms with E-state index in [2.05, 4.69) is 17.2 Å². The Kier molecular flexibility index (Phi) is 7.01. The molecule has 5 heteroatoms. The van der Waals surface area contributed by atoms with E-state index in [0.29, 0.717) is 24.5 Å². The molecule has 0 fully saturated rings. The third-order valence-electron chi connectivity index (χ3n) is 3.00. The van der Waals surface area contributed by atoms with Gasteiger partial charge in [-0.05, 0) is 32.4 Å². The van der Waals surface area contributed by atoms with Crippen molar-refractivity contribution in [3.05, 3.63) is 23.9 Å². The second kappa shape index (κ2) is 8.53. The number of hydrogen-bond acceptors (Lipinski definition) is 4. The minimum atomic E-state index is -0.0104. The number of hydrogen-bond donors (Lipinski definition) is 1. The maximum Gasteiger partial charge on any atom is 0.257 e. The number of nitrogens with one attached hydrogen (secondary N) is 1. The van der Waals surface area contributed by atoms with Crippen LogP contribution in [0.2, 0.25) is 0 Å². The molecular formula is C15H25N3O2. The fourth-order valence-corrected chi connectivity index (χ4v) is 1.90. The van der Waals surface area contributed by atoms with Gasteiger partial charge in [0, 0.05) is 32.4 Å². The van der Waals surface area contributed by atoms with Crippen LogP contribution in [0.15, 0.2) is 18.3 Å². The number of rotatable bonds is 8. The zero-order chi connectivity index (χ0) is 15.0. The van der Waals surface area contributed by atoms with Crippen molar-refractivity contribution in [1.29, 1.82) is 0 Å². The summed E-state index contributed by atoms with van der Waals surface area (Å²) < 4.78 is 5.08. The van der Waals surface area contributed by atoms with Gasteiger partial charge in [-0.25, -0.2) is 4.98 Å². The lowest BCUT2D eigenvalue weighted by atomic mass is 10.2.